The molecule has 0 bridgehead atoms. The van der Waals surface area contributed by atoms with Gasteiger partial charge in [0.1, 0.15) is 18.4 Å². The van der Waals surface area contributed by atoms with E-state index in [4.69, 9.17) is 10.5 Å². The molecule has 2 rings (SSSR count). The molecular weight excluding hydrogens is 300 g/mol. The molecular formula is C15H24N4O4. The fraction of sp³-hybridized carbons (Fsp3) is 0.667. The SMILES string of the molecule is C=CC(=O)N1COC2(C1)CN(C(=O)N(C)C(C(N)=O)C(C)C)C2. The molecule has 128 valence electrons. The maximum atomic E-state index is 12.5. The Morgan fingerprint density at radius 1 is 1.26 bits per heavy atom. The highest BCUT2D eigenvalue weighted by atomic mass is 16.5. The summed E-state index contributed by atoms with van der Waals surface area (Å²) in [5.74, 6) is -0.775. The van der Waals surface area contributed by atoms with Crippen molar-refractivity contribution in [3.63, 3.8) is 0 Å². The number of carbonyl (C=O) groups excluding carboxylic acids is 3. The fourth-order valence-corrected chi connectivity index (χ4v) is 3.21. The summed E-state index contributed by atoms with van der Waals surface area (Å²) in [6.07, 6.45) is 1.25. The molecule has 0 radical (unpaired) electrons. The zero-order valence-electron chi connectivity index (χ0n) is 13.8. The first kappa shape index (κ1) is 17.3. The van der Waals surface area contributed by atoms with E-state index < -0.39 is 17.6 Å². The molecule has 8 heteroatoms. The van der Waals surface area contributed by atoms with Gasteiger partial charge in [0.15, 0.2) is 0 Å². The number of amides is 4. The van der Waals surface area contributed by atoms with Gasteiger partial charge in [0.05, 0.1) is 19.6 Å². The van der Waals surface area contributed by atoms with Crippen molar-refractivity contribution >= 4 is 17.8 Å². The third-order valence-electron chi connectivity index (χ3n) is 4.36. The van der Waals surface area contributed by atoms with Crippen molar-refractivity contribution in [3.8, 4) is 0 Å². The molecule has 8 nitrogen and oxygen atoms in total. The van der Waals surface area contributed by atoms with E-state index in [0.717, 1.165) is 0 Å². The van der Waals surface area contributed by atoms with Crippen LogP contribution in [0, 0.1) is 5.92 Å². The molecule has 2 aliphatic rings. The van der Waals surface area contributed by atoms with Gasteiger partial charge >= 0.3 is 6.03 Å². The smallest absolute Gasteiger partial charge is 0.320 e. The molecule has 2 fully saturated rings. The minimum absolute atomic E-state index is 0.0693. The summed E-state index contributed by atoms with van der Waals surface area (Å²) in [7, 11) is 1.58. The first-order valence-corrected chi connectivity index (χ1v) is 7.57. The molecule has 0 aromatic carbocycles. The molecule has 2 aliphatic heterocycles. The number of nitrogens with zero attached hydrogens (tertiary/aromatic N) is 3. The van der Waals surface area contributed by atoms with Gasteiger partial charge in [-0.15, -0.1) is 0 Å². The molecule has 23 heavy (non-hydrogen) atoms. The van der Waals surface area contributed by atoms with Crippen LogP contribution in [0.15, 0.2) is 12.7 Å². The quantitative estimate of drug-likeness (QED) is 0.712. The van der Waals surface area contributed by atoms with Crippen LogP contribution in [0.4, 0.5) is 4.79 Å². The Kier molecular flexibility index (Phi) is 4.65. The lowest BCUT2D eigenvalue weighted by molar-refractivity contribution is -0.126. The number of rotatable bonds is 4. The van der Waals surface area contributed by atoms with Crippen LogP contribution in [-0.4, -0.2) is 77.6 Å². The topological polar surface area (TPSA) is 96.2 Å². The number of ether oxygens (including phenoxy) is 1. The molecule has 0 aromatic heterocycles. The van der Waals surface area contributed by atoms with Gasteiger partial charge in [-0.25, -0.2) is 4.79 Å². The van der Waals surface area contributed by atoms with Gasteiger partial charge in [-0.1, -0.05) is 20.4 Å². The standard InChI is InChI=1S/C15H24N4O4/c1-5-11(20)19-8-15(23-9-19)6-18(7-15)14(22)17(4)12(10(2)3)13(16)21/h5,10,12H,1,6-9H2,2-4H3,(H2,16,21). The number of hydrogen-bond donors (Lipinski definition) is 1. The predicted octanol–water partition coefficient (Wildman–Crippen LogP) is -0.395. The van der Waals surface area contributed by atoms with E-state index in [-0.39, 0.29) is 24.6 Å². The average molecular weight is 324 g/mol. The molecule has 2 heterocycles. The third-order valence-corrected chi connectivity index (χ3v) is 4.36. The van der Waals surface area contributed by atoms with E-state index in [1.807, 2.05) is 13.8 Å². The van der Waals surface area contributed by atoms with Gasteiger partial charge in [0, 0.05) is 7.05 Å². The molecule has 1 atom stereocenters. The number of likely N-dealkylation sites (tertiary alicyclic amines) is 1. The fourth-order valence-electron chi connectivity index (χ4n) is 3.21. The summed E-state index contributed by atoms with van der Waals surface area (Å²) >= 11 is 0. The number of likely N-dealkylation sites (N-methyl/N-ethyl adjacent to an activating group) is 1. The number of hydrogen-bond acceptors (Lipinski definition) is 4. The summed E-state index contributed by atoms with van der Waals surface area (Å²) in [5.41, 5.74) is 4.88. The first-order chi connectivity index (χ1) is 10.7. The maximum Gasteiger partial charge on any atom is 0.320 e. The number of primary amides is 1. The first-order valence-electron chi connectivity index (χ1n) is 7.57. The monoisotopic (exact) mass is 324 g/mol. The second kappa shape index (κ2) is 6.19. The van der Waals surface area contributed by atoms with E-state index in [2.05, 4.69) is 6.58 Å². The van der Waals surface area contributed by atoms with Crippen molar-refractivity contribution in [2.45, 2.75) is 25.5 Å². The summed E-state index contributed by atoms with van der Waals surface area (Å²) < 4.78 is 5.68. The van der Waals surface area contributed by atoms with Gasteiger partial charge < -0.3 is 25.2 Å². The normalized spacial score (nSPS) is 20.3. The van der Waals surface area contributed by atoms with Crippen LogP contribution in [0.2, 0.25) is 0 Å². The van der Waals surface area contributed by atoms with Crippen LogP contribution in [-0.2, 0) is 14.3 Å². The maximum absolute atomic E-state index is 12.5. The lowest BCUT2D eigenvalue weighted by atomic mass is 9.94. The van der Waals surface area contributed by atoms with E-state index >= 15 is 0 Å². The van der Waals surface area contributed by atoms with Crippen LogP contribution in [0.25, 0.3) is 0 Å². The summed E-state index contributed by atoms with van der Waals surface area (Å²) in [4.78, 5) is 40.1. The highest BCUT2D eigenvalue weighted by Crippen LogP contribution is 2.32. The Bertz CT molecular complexity index is 528. The van der Waals surface area contributed by atoms with Crippen molar-refractivity contribution < 1.29 is 19.1 Å². The lowest BCUT2D eigenvalue weighted by Crippen LogP contribution is -2.68. The van der Waals surface area contributed by atoms with Crippen molar-refractivity contribution in [3.05, 3.63) is 12.7 Å². The Morgan fingerprint density at radius 2 is 1.83 bits per heavy atom. The van der Waals surface area contributed by atoms with Crippen molar-refractivity contribution in [2.24, 2.45) is 11.7 Å². The van der Waals surface area contributed by atoms with Gasteiger partial charge in [-0.05, 0) is 12.0 Å². The molecule has 0 aliphatic carbocycles. The van der Waals surface area contributed by atoms with Crippen LogP contribution >= 0.6 is 0 Å². The Hall–Kier alpha value is -2.09. The van der Waals surface area contributed by atoms with E-state index in [1.165, 1.54) is 11.0 Å². The number of carbonyl (C=O) groups is 3. The average Bonchev–Trinajstić information content (AvgIpc) is 2.88. The Morgan fingerprint density at radius 3 is 2.30 bits per heavy atom. The molecule has 2 saturated heterocycles. The highest BCUT2D eigenvalue weighted by Gasteiger charge is 2.52. The van der Waals surface area contributed by atoms with Gasteiger partial charge in [-0.2, -0.15) is 0 Å². The summed E-state index contributed by atoms with van der Waals surface area (Å²) in [6.45, 7) is 8.56. The van der Waals surface area contributed by atoms with E-state index in [9.17, 15) is 14.4 Å². The van der Waals surface area contributed by atoms with Crippen LogP contribution in [0.3, 0.4) is 0 Å². The zero-order chi connectivity index (χ0) is 17.4. The number of urea groups is 1. The second-order valence-corrected chi connectivity index (χ2v) is 6.54. The summed E-state index contributed by atoms with van der Waals surface area (Å²) in [6, 6.07) is -0.910. The Balaban J connectivity index is 1.94. The van der Waals surface area contributed by atoms with Crippen LogP contribution < -0.4 is 5.73 Å². The van der Waals surface area contributed by atoms with Crippen LogP contribution in [0.1, 0.15) is 13.8 Å². The predicted molar refractivity (Wildman–Crippen MR) is 83.1 cm³/mol. The second-order valence-electron chi connectivity index (χ2n) is 6.54. The van der Waals surface area contributed by atoms with Crippen molar-refractivity contribution in [2.75, 3.05) is 33.4 Å². The molecule has 0 saturated carbocycles. The molecule has 1 spiro atoms. The molecule has 1 unspecified atom stereocenters. The third kappa shape index (κ3) is 3.17. The molecule has 2 N–H and O–H groups in total. The van der Waals surface area contributed by atoms with Gasteiger partial charge in [0.2, 0.25) is 11.8 Å². The summed E-state index contributed by atoms with van der Waals surface area (Å²) in [5, 5.41) is 0. The van der Waals surface area contributed by atoms with Gasteiger partial charge in [-0.3, -0.25) is 9.59 Å². The van der Waals surface area contributed by atoms with E-state index in [1.54, 1.807) is 16.8 Å². The minimum atomic E-state index is -0.651. The van der Waals surface area contributed by atoms with Crippen molar-refractivity contribution in [1.82, 2.24) is 14.7 Å². The zero-order valence-corrected chi connectivity index (χ0v) is 13.8. The molecule has 0 aromatic rings. The van der Waals surface area contributed by atoms with Crippen LogP contribution in [0.5, 0.6) is 0 Å². The van der Waals surface area contributed by atoms with E-state index in [0.29, 0.717) is 19.6 Å². The molecule has 4 amide bonds. The lowest BCUT2D eigenvalue weighted by Gasteiger charge is -2.48. The minimum Gasteiger partial charge on any atom is -0.368 e. The largest absolute Gasteiger partial charge is 0.368 e. The van der Waals surface area contributed by atoms with Crippen molar-refractivity contribution in [1.29, 1.82) is 0 Å². The number of nitrogens with two attached hydrogens (primary N) is 1. The Labute approximate surface area is 135 Å². The van der Waals surface area contributed by atoms with Gasteiger partial charge in [0.25, 0.3) is 0 Å². The highest BCUT2D eigenvalue weighted by molar-refractivity contribution is 5.88.